The maximum absolute atomic E-state index is 6.21. The first-order valence-electron chi connectivity index (χ1n) is 6.71. The van der Waals surface area contributed by atoms with E-state index in [9.17, 15) is 0 Å². The minimum absolute atomic E-state index is 0.678. The highest BCUT2D eigenvalue weighted by Crippen LogP contribution is 2.19. The molecule has 0 aromatic carbocycles. The second-order valence-corrected chi connectivity index (χ2v) is 5.25. The molecule has 0 aliphatic rings. The van der Waals surface area contributed by atoms with Gasteiger partial charge in [-0.15, -0.1) is 0 Å². The van der Waals surface area contributed by atoms with Gasteiger partial charge in [0, 0.05) is 13.1 Å². The molecule has 2 heterocycles. The Labute approximate surface area is 124 Å². The second kappa shape index (κ2) is 6.77. The third-order valence-electron chi connectivity index (χ3n) is 2.92. The van der Waals surface area contributed by atoms with Gasteiger partial charge in [-0.05, 0) is 45.2 Å². The van der Waals surface area contributed by atoms with Gasteiger partial charge < -0.3 is 9.73 Å². The summed E-state index contributed by atoms with van der Waals surface area (Å²) in [6, 6.07) is 7.74. The van der Waals surface area contributed by atoms with Crippen molar-refractivity contribution in [3.63, 3.8) is 0 Å². The monoisotopic (exact) mass is 293 g/mol. The third kappa shape index (κ3) is 3.99. The van der Waals surface area contributed by atoms with E-state index in [1.54, 1.807) is 0 Å². The molecule has 0 saturated heterocycles. The van der Waals surface area contributed by atoms with E-state index in [4.69, 9.17) is 16.0 Å². The molecular weight excluding hydrogens is 274 g/mol. The van der Waals surface area contributed by atoms with Crippen LogP contribution < -0.4 is 5.32 Å². The molecule has 20 heavy (non-hydrogen) atoms. The average Bonchev–Trinajstić information content (AvgIpc) is 2.79. The molecular formula is C15H20ClN3O. The molecule has 0 saturated carbocycles. The van der Waals surface area contributed by atoms with Crippen molar-refractivity contribution < 1.29 is 4.42 Å². The standard InChI is InChI=1S/C15H20ClN3O/c1-4-17-15-8-7-13(16)14(18-15)10-19(3)9-12-6-5-11(2)20-12/h5-8H,4,9-10H2,1-3H3,(H,17,18). The fraction of sp³-hybridized carbons (Fsp3) is 0.400. The maximum atomic E-state index is 6.21. The van der Waals surface area contributed by atoms with Crippen LogP contribution in [-0.2, 0) is 13.1 Å². The van der Waals surface area contributed by atoms with Crippen molar-refractivity contribution in [1.82, 2.24) is 9.88 Å². The van der Waals surface area contributed by atoms with Crippen molar-refractivity contribution in [3.8, 4) is 0 Å². The van der Waals surface area contributed by atoms with E-state index in [2.05, 4.69) is 15.2 Å². The Kier molecular flexibility index (Phi) is 5.04. The zero-order valence-electron chi connectivity index (χ0n) is 12.1. The van der Waals surface area contributed by atoms with E-state index in [1.807, 2.05) is 45.2 Å². The number of hydrogen-bond donors (Lipinski definition) is 1. The number of aryl methyl sites for hydroxylation is 1. The van der Waals surface area contributed by atoms with Crippen LogP contribution in [0.15, 0.2) is 28.7 Å². The van der Waals surface area contributed by atoms with Crippen LogP contribution in [0.3, 0.4) is 0 Å². The summed E-state index contributed by atoms with van der Waals surface area (Å²) in [6.45, 7) is 6.24. The zero-order valence-corrected chi connectivity index (χ0v) is 12.9. The summed E-state index contributed by atoms with van der Waals surface area (Å²) in [5, 5.41) is 3.88. The molecule has 0 spiro atoms. The van der Waals surface area contributed by atoms with Crippen LogP contribution in [0, 0.1) is 6.92 Å². The smallest absolute Gasteiger partial charge is 0.126 e. The summed E-state index contributed by atoms with van der Waals surface area (Å²) in [5.41, 5.74) is 0.871. The molecule has 0 fully saturated rings. The molecule has 0 amide bonds. The largest absolute Gasteiger partial charge is 0.465 e. The summed E-state index contributed by atoms with van der Waals surface area (Å²) in [4.78, 5) is 6.66. The lowest BCUT2D eigenvalue weighted by atomic mass is 10.3. The maximum Gasteiger partial charge on any atom is 0.126 e. The van der Waals surface area contributed by atoms with Crippen molar-refractivity contribution in [1.29, 1.82) is 0 Å². The van der Waals surface area contributed by atoms with Crippen LogP contribution in [0.25, 0.3) is 0 Å². The lowest BCUT2D eigenvalue weighted by Gasteiger charge is -2.16. The second-order valence-electron chi connectivity index (χ2n) is 4.84. The summed E-state index contributed by atoms with van der Waals surface area (Å²) in [5.74, 6) is 2.73. The van der Waals surface area contributed by atoms with Crippen LogP contribution in [0.1, 0.15) is 24.1 Å². The van der Waals surface area contributed by atoms with Gasteiger partial charge in [0.25, 0.3) is 0 Å². The SMILES string of the molecule is CCNc1ccc(Cl)c(CN(C)Cc2ccc(C)o2)n1. The number of pyridine rings is 1. The predicted molar refractivity (Wildman–Crippen MR) is 82.0 cm³/mol. The summed E-state index contributed by atoms with van der Waals surface area (Å²) in [7, 11) is 2.02. The van der Waals surface area contributed by atoms with Gasteiger partial charge in [0.15, 0.2) is 0 Å². The molecule has 0 aliphatic carbocycles. The minimum Gasteiger partial charge on any atom is -0.465 e. The normalized spacial score (nSPS) is 11.1. The van der Waals surface area contributed by atoms with Gasteiger partial charge in [0.2, 0.25) is 0 Å². The van der Waals surface area contributed by atoms with Gasteiger partial charge in [-0.2, -0.15) is 0 Å². The van der Waals surface area contributed by atoms with Crippen LogP contribution in [0.5, 0.6) is 0 Å². The first kappa shape index (κ1) is 14.9. The summed E-state index contributed by atoms with van der Waals surface area (Å²) in [6.07, 6.45) is 0. The highest BCUT2D eigenvalue weighted by atomic mass is 35.5. The van der Waals surface area contributed by atoms with Crippen LogP contribution in [0.4, 0.5) is 5.82 Å². The molecule has 0 radical (unpaired) electrons. The van der Waals surface area contributed by atoms with E-state index >= 15 is 0 Å². The van der Waals surface area contributed by atoms with Crippen molar-refractivity contribution in [2.45, 2.75) is 26.9 Å². The molecule has 2 rings (SSSR count). The Morgan fingerprint density at radius 1 is 1.25 bits per heavy atom. The van der Waals surface area contributed by atoms with Gasteiger partial charge in [-0.1, -0.05) is 11.6 Å². The molecule has 4 nitrogen and oxygen atoms in total. The molecule has 108 valence electrons. The minimum atomic E-state index is 0.678. The molecule has 2 aromatic heterocycles. The Morgan fingerprint density at radius 2 is 2.05 bits per heavy atom. The highest BCUT2D eigenvalue weighted by Gasteiger charge is 2.09. The third-order valence-corrected chi connectivity index (χ3v) is 3.26. The Bertz CT molecular complexity index is 568. The van der Waals surface area contributed by atoms with Crippen molar-refractivity contribution in [2.24, 2.45) is 0 Å². The highest BCUT2D eigenvalue weighted by molar-refractivity contribution is 6.31. The number of rotatable bonds is 6. The molecule has 1 N–H and O–H groups in total. The molecule has 0 atom stereocenters. The predicted octanol–water partition coefficient (Wildman–Crippen LogP) is 3.70. The quantitative estimate of drug-likeness (QED) is 0.882. The van der Waals surface area contributed by atoms with Crippen molar-refractivity contribution >= 4 is 17.4 Å². The fourth-order valence-electron chi connectivity index (χ4n) is 2.02. The number of nitrogens with zero attached hydrogens (tertiary/aromatic N) is 2. The first-order chi connectivity index (χ1) is 9.58. The van der Waals surface area contributed by atoms with Gasteiger partial charge in [0.05, 0.1) is 17.3 Å². The van der Waals surface area contributed by atoms with Gasteiger partial charge in [0.1, 0.15) is 17.3 Å². The Balaban J connectivity index is 2.02. The van der Waals surface area contributed by atoms with Crippen LogP contribution in [0.2, 0.25) is 5.02 Å². The van der Waals surface area contributed by atoms with Crippen molar-refractivity contribution in [2.75, 3.05) is 18.9 Å². The number of anilines is 1. The van der Waals surface area contributed by atoms with E-state index < -0.39 is 0 Å². The van der Waals surface area contributed by atoms with E-state index in [1.165, 1.54) is 0 Å². The van der Waals surface area contributed by atoms with Crippen LogP contribution in [-0.4, -0.2) is 23.5 Å². The van der Waals surface area contributed by atoms with E-state index in [0.29, 0.717) is 11.6 Å². The Morgan fingerprint density at radius 3 is 2.70 bits per heavy atom. The lowest BCUT2D eigenvalue weighted by Crippen LogP contribution is -2.18. The molecule has 2 aromatic rings. The number of nitrogens with one attached hydrogen (secondary N) is 1. The van der Waals surface area contributed by atoms with Gasteiger partial charge in [-0.3, -0.25) is 4.90 Å². The summed E-state index contributed by atoms with van der Waals surface area (Å²) < 4.78 is 5.58. The van der Waals surface area contributed by atoms with Gasteiger partial charge in [-0.25, -0.2) is 4.98 Å². The molecule has 5 heteroatoms. The lowest BCUT2D eigenvalue weighted by molar-refractivity contribution is 0.282. The fourth-order valence-corrected chi connectivity index (χ4v) is 2.19. The number of furan rings is 1. The van der Waals surface area contributed by atoms with Crippen molar-refractivity contribution in [3.05, 3.63) is 46.5 Å². The van der Waals surface area contributed by atoms with E-state index in [-0.39, 0.29) is 0 Å². The van der Waals surface area contributed by atoms with Crippen LogP contribution >= 0.6 is 11.6 Å². The first-order valence-corrected chi connectivity index (χ1v) is 7.09. The molecule has 0 bridgehead atoms. The Hall–Kier alpha value is -1.52. The van der Waals surface area contributed by atoms with Gasteiger partial charge >= 0.3 is 0 Å². The molecule has 0 aliphatic heterocycles. The van der Waals surface area contributed by atoms with E-state index in [0.717, 1.165) is 36.1 Å². The number of aromatic nitrogens is 1. The zero-order chi connectivity index (χ0) is 14.5. The number of hydrogen-bond acceptors (Lipinski definition) is 4. The average molecular weight is 294 g/mol. The summed E-state index contributed by atoms with van der Waals surface area (Å²) >= 11 is 6.21. The number of halogens is 1. The topological polar surface area (TPSA) is 41.3 Å². The molecule has 0 unspecified atom stereocenters.